The summed E-state index contributed by atoms with van der Waals surface area (Å²) < 4.78 is 5.89. The number of aromatic nitrogens is 1. The molecule has 0 amide bonds. The van der Waals surface area contributed by atoms with E-state index in [1.54, 1.807) is 0 Å². The molecule has 0 saturated carbocycles. The topological polar surface area (TPSA) is 37.0 Å². The second-order valence-corrected chi connectivity index (χ2v) is 6.34. The van der Waals surface area contributed by atoms with Gasteiger partial charge in [0.25, 0.3) is 0 Å². The Kier molecular flexibility index (Phi) is 5.91. The van der Waals surface area contributed by atoms with E-state index in [4.69, 9.17) is 4.74 Å². The predicted molar refractivity (Wildman–Crippen MR) is 103 cm³/mol. The summed E-state index contributed by atoms with van der Waals surface area (Å²) in [6.07, 6.45) is 4.21. The van der Waals surface area contributed by atoms with Crippen molar-refractivity contribution in [2.24, 2.45) is 0 Å². The number of para-hydroxylation sites is 1. The normalized spacial score (nSPS) is 13.4. The van der Waals surface area contributed by atoms with Gasteiger partial charge in [-0.05, 0) is 55.3 Å². The van der Waals surface area contributed by atoms with Crippen molar-refractivity contribution in [1.82, 2.24) is 10.3 Å². The fourth-order valence-electron chi connectivity index (χ4n) is 3.03. The molecular formula is C22H26N2O. The highest BCUT2D eigenvalue weighted by atomic mass is 16.5. The average Bonchev–Trinajstić information content (AvgIpc) is 3.18. The largest absolute Gasteiger partial charge is 0.457 e. The van der Waals surface area contributed by atoms with Gasteiger partial charge in [-0.25, -0.2) is 0 Å². The van der Waals surface area contributed by atoms with Crippen LogP contribution in [-0.4, -0.2) is 4.98 Å². The summed E-state index contributed by atoms with van der Waals surface area (Å²) in [5, 5.41) is 3.73. The van der Waals surface area contributed by atoms with E-state index in [-0.39, 0.29) is 6.04 Å². The first-order valence-electron chi connectivity index (χ1n) is 8.98. The smallest absolute Gasteiger partial charge is 0.127 e. The van der Waals surface area contributed by atoms with Crippen molar-refractivity contribution in [2.45, 2.75) is 38.8 Å². The van der Waals surface area contributed by atoms with Gasteiger partial charge in [-0.15, -0.1) is 0 Å². The van der Waals surface area contributed by atoms with Crippen LogP contribution in [0.3, 0.4) is 0 Å². The molecule has 3 heteroatoms. The Hall–Kier alpha value is -2.52. The lowest BCUT2D eigenvalue weighted by Crippen LogP contribution is -2.24. The van der Waals surface area contributed by atoms with Gasteiger partial charge in [-0.3, -0.25) is 0 Å². The van der Waals surface area contributed by atoms with Crippen LogP contribution in [0, 0.1) is 0 Å². The van der Waals surface area contributed by atoms with Crippen molar-refractivity contribution in [3.63, 3.8) is 0 Å². The number of aromatic amines is 1. The minimum atomic E-state index is 0.284. The molecule has 2 atom stereocenters. The zero-order valence-corrected chi connectivity index (χ0v) is 14.9. The molecule has 0 fully saturated rings. The molecule has 0 aliphatic carbocycles. The van der Waals surface area contributed by atoms with Crippen LogP contribution in [0.15, 0.2) is 72.9 Å². The number of hydrogen-bond donors (Lipinski definition) is 2. The number of benzene rings is 2. The van der Waals surface area contributed by atoms with Crippen molar-refractivity contribution in [3.05, 3.63) is 84.2 Å². The van der Waals surface area contributed by atoms with Gasteiger partial charge in [-0.1, -0.05) is 43.7 Å². The maximum absolute atomic E-state index is 5.89. The van der Waals surface area contributed by atoms with Gasteiger partial charge in [0, 0.05) is 24.0 Å². The maximum atomic E-state index is 5.89. The third-order valence-electron chi connectivity index (χ3n) is 4.38. The predicted octanol–water partition coefficient (Wildman–Crippen LogP) is 6.00. The number of rotatable bonds is 8. The summed E-state index contributed by atoms with van der Waals surface area (Å²) in [4.78, 5) is 3.29. The second-order valence-electron chi connectivity index (χ2n) is 6.34. The van der Waals surface area contributed by atoms with Crippen LogP contribution in [0.5, 0.6) is 11.5 Å². The molecule has 0 bridgehead atoms. The van der Waals surface area contributed by atoms with Crippen molar-refractivity contribution >= 4 is 0 Å². The van der Waals surface area contributed by atoms with E-state index in [9.17, 15) is 0 Å². The summed E-state index contributed by atoms with van der Waals surface area (Å²) >= 11 is 0. The first-order chi connectivity index (χ1) is 12.3. The summed E-state index contributed by atoms with van der Waals surface area (Å²) in [5.74, 6) is 1.72. The van der Waals surface area contributed by atoms with E-state index >= 15 is 0 Å². The van der Waals surface area contributed by atoms with Gasteiger partial charge < -0.3 is 15.0 Å². The van der Waals surface area contributed by atoms with E-state index in [2.05, 4.69) is 42.3 Å². The Balaban J connectivity index is 1.69. The first kappa shape index (κ1) is 17.3. The molecule has 25 heavy (non-hydrogen) atoms. The van der Waals surface area contributed by atoms with E-state index in [0.717, 1.165) is 24.3 Å². The Morgan fingerprint density at radius 2 is 1.64 bits per heavy atom. The van der Waals surface area contributed by atoms with Gasteiger partial charge >= 0.3 is 0 Å². The Morgan fingerprint density at radius 3 is 2.28 bits per heavy atom. The molecule has 2 aromatic carbocycles. The molecule has 3 aromatic rings. The zero-order valence-electron chi connectivity index (χ0n) is 14.9. The zero-order chi connectivity index (χ0) is 17.5. The molecule has 2 unspecified atom stereocenters. The van der Waals surface area contributed by atoms with Gasteiger partial charge in [0.05, 0.1) is 0 Å². The standard InChI is InChI=1S/C22H26N2O/c1-3-8-22(24-17(2)21-11-7-16-23-21)18-12-14-20(15-13-18)25-19-9-5-4-6-10-19/h4-7,9-17,22-24H,3,8H2,1-2H3. The van der Waals surface area contributed by atoms with E-state index in [0.29, 0.717) is 6.04 Å². The summed E-state index contributed by atoms with van der Waals surface area (Å²) in [6, 6.07) is 23.1. The van der Waals surface area contributed by atoms with Crippen LogP contribution in [0.1, 0.15) is 50.0 Å². The van der Waals surface area contributed by atoms with Crippen molar-refractivity contribution in [1.29, 1.82) is 0 Å². The first-order valence-corrected chi connectivity index (χ1v) is 8.98. The molecule has 1 heterocycles. The highest BCUT2D eigenvalue weighted by Crippen LogP contribution is 2.27. The summed E-state index contributed by atoms with van der Waals surface area (Å²) in [5.41, 5.74) is 2.51. The number of nitrogens with one attached hydrogen (secondary N) is 2. The monoisotopic (exact) mass is 334 g/mol. The Bertz CT molecular complexity index is 735. The Morgan fingerprint density at radius 1 is 0.920 bits per heavy atom. The lowest BCUT2D eigenvalue weighted by Gasteiger charge is -2.23. The van der Waals surface area contributed by atoms with Crippen molar-refractivity contribution in [2.75, 3.05) is 0 Å². The fraction of sp³-hybridized carbons (Fsp3) is 0.273. The van der Waals surface area contributed by atoms with Gasteiger partial charge in [0.1, 0.15) is 11.5 Å². The lowest BCUT2D eigenvalue weighted by molar-refractivity contribution is 0.434. The van der Waals surface area contributed by atoms with Crippen molar-refractivity contribution in [3.8, 4) is 11.5 Å². The number of hydrogen-bond acceptors (Lipinski definition) is 2. The molecule has 2 N–H and O–H groups in total. The average molecular weight is 334 g/mol. The maximum Gasteiger partial charge on any atom is 0.127 e. The minimum absolute atomic E-state index is 0.284. The molecule has 3 rings (SSSR count). The molecule has 1 aromatic heterocycles. The third kappa shape index (κ3) is 4.74. The van der Waals surface area contributed by atoms with E-state index < -0.39 is 0 Å². The SMILES string of the molecule is CCCC(NC(C)c1ccc[nH]1)c1ccc(Oc2ccccc2)cc1. The molecular weight excluding hydrogens is 308 g/mol. The van der Waals surface area contributed by atoms with Crippen LogP contribution < -0.4 is 10.1 Å². The second kappa shape index (κ2) is 8.54. The summed E-state index contributed by atoms with van der Waals surface area (Å²) in [7, 11) is 0. The lowest BCUT2D eigenvalue weighted by atomic mass is 10.0. The summed E-state index contributed by atoms with van der Waals surface area (Å²) in [6.45, 7) is 4.42. The number of ether oxygens (including phenoxy) is 1. The van der Waals surface area contributed by atoms with Gasteiger partial charge in [0.2, 0.25) is 0 Å². The van der Waals surface area contributed by atoms with Crippen LogP contribution >= 0.6 is 0 Å². The quantitative estimate of drug-likeness (QED) is 0.530. The van der Waals surface area contributed by atoms with Crippen LogP contribution in [-0.2, 0) is 0 Å². The van der Waals surface area contributed by atoms with Crippen molar-refractivity contribution < 1.29 is 4.74 Å². The molecule has 0 saturated heterocycles. The molecule has 0 spiro atoms. The molecule has 0 radical (unpaired) electrons. The van der Waals surface area contributed by atoms with E-state index in [1.807, 2.05) is 54.7 Å². The molecule has 0 aliphatic heterocycles. The highest BCUT2D eigenvalue weighted by molar-refractivity contribution is 5.34. The molecule has 3 nitrogen and oxygen atoms in total. The minimum Gasteiger partial charge on any atom is -0.457 e. The Labute approximate surface area is 150 Å². The third-order valence-corrected chi connectivity index (χ3v) is 4.38. The fourth-order valence-corrected chi connectivity index (χ4v) is 3.03. The van der Waals surface area contributed by atoms with E-state index in [1.165, 1.54) is 11.3 Å². The van der Waals surface area contributed by atoms with Crippen LogP contribution in [0.4, 0.5) is 0 Å². The molecule has 130 valence electrons. The van der Waals surface area contributed by atoms with Gasteiger partial charge in [-0.2, -0.15) is 0 Å². The number of H-pyrrole nitrogens is 1. The van der Waals surface area contributed by atoms with Crippen LogP contribution in [0.25, 0.3) is 0 Å². The molecule has 0 aliphatic rings. The van der Waals surface area contributed by atoms with Crippen LogP contribution in [0.2, 0.25) is 0 Å². The highest BCUT2D eigenvalue weighted by Gasteiger charge is 2.15. The van der Waals surface area contributed by atoms with Gasteiger partial charge in [0.15, 0.2) is 0 Å².